The molecular weight excluding hydrogens is 316 g/mol. The van der Waals surface area contributed by atoms with Crippen LogP contribution in [-0.4, -0.2) is 38.7 Å². The van der Waals surface area contributed by atoms with Crippen LogP contribution in [0.4, 0.5) is 0 Å². The largest absolute Gasteiger partial charge is 0.496 e. The Morgan fingerprint density at radius 3 is 2.55 bits per heavy atom. The standard InChI is InChI=1S/C16H27BrN2O/c1-12(2)8-15(19(3)4)11-18-10-13-9-14(17)6-7-16(13)20-5/h6-7,9,12,15,18H,8,10-11H2,1-5H3. The van der Waals surface area contributed by atoms with Crippen LogP contribution in [0.2, 0.25) is 0 Å². The Hall–Kier alpha value is -0.580. The summed E-state index contributed by atoms with van der Waals surface area (Å²) < 4.78 is 6.48. The summed E-state index contributed by atoms with van der Waals surface area (Å²) in [6, 6.07) is 6.68. The smallest absolute Gasteiger partial charge is 0.123 e. The maximum absolute atomic E-state index is 5.40. The quantitative estimate of drug-likeness (QED) is 0.782. The average Bonchev–Trinajstić information content (AvgIpc) is 2.37. The second kappa shape index (κ2) is 8.65. The van der Waals surface area contributed by atoms with E-state index in [4.69, 9.17) is 4.74 Å². The van der Waals surface area contributed by atoms with Crippen molar-refractivity contribution >= 4 is 15.9 Å². The van der Waals surface area contributed by atoms with E-state index in [9.17, 15) is 0 Å². The minimum atomic E-state index is 0.563. The van der Waals surface area contributed by atoms with Crippen LogP contribution in [0.3, 0.4) is 0 Å². The van der Waals surface area contributed by atoms with Gasteiger partial charge in [0.2, 0.25) is 0 Å². The lowest BCUT2D eigenvalue weighted by Crippen LogP contribution is -2.38. The van der Waals surface area contributed by atoms with Gasteiger partial charge in [0.15, 0.2) is 0 Å². The van der Waals surface area contributed by atoms with Crippen molar-refractivity contribution < 1.29 is 4.74 Å². The molecule has 1 atom stereocenters. The first kappa shape index (κ1) is 17.5. The molecule has 4 heteroatoms. The molecule has 0 saturated carbocycles. The molecule has 1 unspecified atom stereocenters. The Morgan fingerprint density at radius 1 is 1.30 bits per heavy atom. The minimum Gasteiger partial charge on any atom is -0.496 e. The van der Waals surface area contributed by atoms with Gasteiger partial charge in [0, 0.05) is 29.2 Å². The number of likely N-dealkylation sites (N-methyl/N-ethyl adjacent to an activating group) is 1. The van der Waals surface area contributed by atoms with Gasteiger partial charge in [-0.3, -0.25) is 0 Å². The second-order valence-electron chi connectivity index (χ2n) is 5.83. The zero-order valence-corrected chi connectivity index (χ0v) is 14.8. The summed E-state index contributed by atoms with van der Waals surface area (Å²) in [6.07, 6.45) is 1.20. The first-order valence-electron chi connectivity index (χ1n) is 7.13. The summed E-state index contributed by atoms with van der Waals surface area (Å²) >= 11 is 3.51. The van der Waals surface area contributed by atoms with E-state index in [0.29, 0.717) is 12.0 Å². The number of rotatable bonds is 8. The predicted molar refractivity (Wildman–Crippen MR) is 89.3 cm³/mol. The summed E-state index contributed by atoms with van der Waals surface area (Å²) in [7, 11) is 6.01. The molecule has 0 fully saturated rings. The highest BCUT2D eigenvalue weighted by molar-refractivity contribution is 9.10. The fraction of sp³-hybridized carbons (Fsp3) is 0.625. The van der Waals surface area contributed by atoms with Crippen LogP contribution in [0, 0.1) is 5.92 Å². The molecule has 1 aromatic rings. The lowest BCUT2D eigenvalue weighted by Gasteiger charge is -2.26. The molecule has 0 aliphatic carbocycles. The van der Waals surface area contributed by atoms with Gasteiger partial charge < -0.3 is 15.0 Å². The van der Waals surface area contributed by atoms with Crippen molar-refractivity contribution in [1.82, 2.24) is 10.2 Å². The van der Waals surface area contributed by atoms with E-state index in [2.05, 4.69) is 60.2 Å². The number of ether oxygens (including phenoxy) is 1. The average molecular weight is 343 g/mol. The number of nitrogens with zero attached hydrogens (tertiary/aromatic N) is 1. The van der Waals surface area contributed by atoms with Crippen molar-refractivity contribution in [2.24, 2.45) is 5.92 Å². The molecule has 0 bridgehead atoms. The predicted octanol–water partition coefficient (Wildman–Crippen LogP) is 3.52. The number of benzene rings is 1. The molecule has 1 N–H and O–H groups in total. The fourth-order valence-corrected chi connectivity index (χ4v) is 2.69. The molecule has 114 valence electrons. The molecular formula is C16H27BrN2O. The van der Waals surface area contributed by atoms with Crippen molar-refractivity contribution in [3.63, 3.8) is 0 Å². The molecule has 0 radical (unpaired) electrons. The van der Waals surface area contributed by atoms with E-state index in [-0.39, 0.29) is 0 Å². The first-order valence-corrected chi connectivity index (χ1v) is 7.93. The van der Waals surface area contributed by atoms with Crippen molar-refractivity contribution in [3.8, 4) is 5.75 Å². The second-order valence-corrected chi connectivity index (χ2v) is 6.75. The Morgan fingerprint density at radius 2 is 2.00 bits per heavy atom. The van der Waals surface area contributed by atoms with Crippen molar-refractivity contribution in [1.29, 1.82) is 0 Å². The minimum absolute atomic E-state index is 0.563. The van der Waals surface area contributed by atoms with E-state index < -0.39 is 0 Å². The van der Waals surface area contributed by atoms with Crippen LogP contribution in [0.1, 0.15) is 25.8 Å². The summed E-state index contributed by atoms with van der Waals surface area (Å²) in [5.74, 6) is 1.65. The number of hydrogen-bond donors (Lipinski definition) is 1. The van der Waals surface area contributed by atoms with Gasteiger partial charge in [0.1, 0.15) is 5.75 Å². The monoisotopic (exact) mass is 342 g/mol. The van der Waals surface area contributed by atoms with Gasteiger partial charge in [-0.05, 0) is 44.6 Å². The third kappa shape index (κ3) is 5.81. The molecule has 0 heterocycles. The molecule has 0 spiro atoms. The highest BCUT2D eigenvalue weighted by Crippen LogP contribution is 2.22. The van der Waals surface area contributed by atoms with Gasteiger partial charge in [0.05, 0.1) is 7.11 Å². The van der Waals surface area contributed by atoms with E-state index in [0.717, 1.165) is 23.3 Å². The maximum Gasteiger partial charge on any atom is 0.123 e. The third-order valence-electron chi connectivity index (χ3n) is 3.41. The van der Waals surface area contributed by atoms with Crippen LogP contribution in [0.15, 0.2) is 22.7 Å². The van der Waals surface area contributed by atoms with Gasteiger partial charge in [-0.15, -0.1) is 0 Å². The van der Waals surface area contributed by atoms with Gasteiger partial charge in [-0.2, -0.15) is 0 Å². The highest BCUT2D eigenvalue weighted by atomic mass is 79.9. The Bertz CT molecular complexity index is 407. The lowest BCUT2D eigenvalue weighted by molar-refractivity contribution is 0.246. The van der Waals surface area contributed by atoms with Crippen LogP contribution in [0.5, 0.6) is 5.75 Å². The topological polar surface area (TPSA) is 24.5 Å². The van der Waals surface area contributed by atoms with Gasteiger partial charge >= 0.3 is 0 Å². The molecule has 0 saturated heterocycles. The van der Waals surface area contributed by atoms with Gasteiger partial charge in [-0.25, -0.2) is 0 Å². The Balaban J connectivity index is 2.56. The van der Waals surface area contributed by atoms with E-state index in [1.807, 2.05) is 12.1 Å². The van der Waals surface area contributed by atoms with Crippen LogP contribution < -0.4 is 10.1 Å². The van der Waals surface area contributed by atoms with Crippen molar-refractivity contribution in [3.05, 3.63) is 28.2 Å². The van der Waals surface area contributed by atoms with Crippen LogP contribution in [-0.2, 0) is 6.54 Å². The zero-order valence-electron chi connectivity index (χ0n) is 13.2. The number of halogens is 1. The van der Waals surface area contributed by atoms with Crippen LogP contribution >= 0.6 is 15.9 Å². The molecule has 0 aliphatic rings. The van der Waals surface area contributed by atoms with Crippen molar-refractivity contribution in [2.45, 2.75) is 32.9 Å². The molecule has 0 aliphatic heterocycles. The highest BCUT2D eigenvalue weighted by Gasteiger charge is 2.13. The number of hydrogen-bond acceptors (Lipinski definition) is 3. The van der Waals surface area contributed by atoms with Crippen molar-refractivity contribution in [2.75, 3.05) is 27.7 Å². The fourth-order valence-electron chi connectivity index (χ4n) is 2.28. The lowest BCUT2D eigenvalue weighted by atomic mass is 10.0. The Labute approximate surface area is 131 Å². The molecule has 1 rings (SSSR count). The van der Waals surface area contributed by atoms with Crippen LogP contribution in [0.25, 0.3) is 0 Å². The molecule has 20 heavy (non-hydrogen) atoms. The summed E-state index contributed by atoms with van der Waals surface area (Å²) in [5.41, 5.74) is 1.18. The number of nitrogens with one attached hydrogen (secondary N) is 1. The summed E-state index contributed by atoms with van der Waals surface area (Å²) in [5, 5.41) is 3.55. The van der Waals surface area contributed by atoms with E-state index in [1.54, 1.807) is 7.11 Å². The van der Waals surface area contributed by atoms with E-state index in [1.165, 1.54) is 12.0 Å². The maximum atomic E-state index is 5.40. The molecule has 3 nitrogen and oxygen atoms in total. The molecule has 0 amide bonds. The molecule has 1 aromatic carbocycles. The summed E-state index contributed by atoms with van der Waals surface area (Å²) in [6.45, 7) is 6.35. The zero-order chi connectivity index (χ0) is 15.1. The SMILES string of the molecule is COc1ccc(Br)cc1CNCC(CC(C)C)N(C)C. The molecule has 0 aromatic heterocycles. The summed E-state index contributed by atoms with van der Waals surface area (Å²) in [4.78, 5) is 2.30. The van der Waals surface area contributed by atoms with E-state index >= 15 is 0 Å². The first-order chi connectivity index (χ1) is 9.43. The normalized spacial score (nSPS) is 13.0. The van der Waals surface area contributed by atoms with Gasteiger partial charge in [-0.1, -0.05) is 29.8 Å². The Kier molecular flexibility index (Phi) is 7.56. The van der Waals surface area contributed by atoms with Gasteiger partial charge in [0.25, 0.3) is 0 Å². The number of methoxy groups -OCH3 is 1. The third-order valence-corrected chi connectivity index (χ3v) is 3.90.